The van der Waals surface area contributed by atoms with Crippen molar-refractivity contribution >= 4 is 11.6 Å². The molecule has 3 rings (SSSR count). The van der Waals surface area contributed by atoms with Gasteiger partial charge in [-0.25, -0.2) is 0 Å². The van der Waals surface area contributed by atoms with E-state index in [9.17, 15) is 0 Å². The predicted molar refractivity (Wildman–Crippen MR) is 79.4 cm³/mol. The van der Waals surface area contributed by atoms with Crippen LogP contribution in [-0.4, -0.2) is 16.2 Å². The van der Waals surface area contributed by atoms with Crippen molar-refractivity contribution in [2.45, 2.75) is 44.8 Å². The normalized spacial score (nSPS) is 16.0. The Morgan fingerprint density at radius 3 is 3.00 bits per heavy atom. The average Bonchev–Trinajstić information content (AvgIpc) is 3.17. The quantitative estimate of drug-likeness (QED) is 0.887. The first-order valence-electron chi connectivity index (χ1n) is 7.11. The first-order valence-corrected chi connectivity index (χ1v) is 7.49. The minimum absolute atomic E-state index is 0.0393. The van der Waals surface area contributed by atoms with Crippen LogP contribution in [0.15, 0.2) is 22.7 Å². The van der Waals surface area contributed by atoms with Gasteiger partial charge in [0.1, 0.15) is 5.75 Å². The Balaban J connectivity index is 1.68. The molecule has 0 aliphatic heterocycles. The zero-order valence-electron chi connectivity index (χ0n) is 11.9. The van der Waals surface area contributed by atoms with Crippen LogP contribution in [0.1, 0.15) is 43.0 Å². The molecule has 1 aliphatic carbocycles. The predicted octanol–water partition coefficient (Wildman–Crippen LogP) is 3.07. The number of nitrogens with zero attached hydrogens (tertiary/aromatic N) is 2. The minimum atomic E-state index is 0.0393. The molecule has 1 aromatic carbocycles. The van der Waals surface area contributed by atoms with E-state index in [2.05, 4.69) is 10.1 Å². The summed E-state index contributed by atoms with van der Waals surface area (Å²) in [4.78, 5) is 4.34. The van der Waals surface area contributed by atoms with Gasteiger partial charge in [-0.15, -0.1) is 0 Å². The fraction of sp³-hybridized carbons (Fsp3) is 0.467. The molecule has 1 aliphatic rings. The molecule has 1 saturated carbocycles. The lowest BCUT2D eigenvalue weighted by Crippen LogP contribution is -2.18. The molecular formula is C15H18ClN3O2. The highest BCUT2D eigenvalue weighted by atomic mass is 35.5. The van der Waals surface area contributed by atoms with Gasteiger partial charge in [-0.2, -0.15) is 4.98 Å². The summed E-state index contributed by atoms with van der Waals surface area (Å²) >= 11 is 6.03. The van der Waals surface area contributed by atoms with Crippen molar-refractivity contribution in [1.29, 1.82) is 0 Å². The van der Waals surface area contributed by atoms with Crippen LogP contribution in [0.2, 0.25) is 5.02 Å². The third-order valence-corrected chi connectivity index (χ3v) is 3.57. The van der Waals surface area contributed by atoms with Crippen LogP contribution < -0.4 is 10.5 Å². The van der Waals surface area contributed by atoms with Crippen LogP contribution in [0.5, 0.6) is 5.75 Å². The largest absolute Gasteiger partial charge is 0.485 e. The van der Waals surface area contributed by atoms with Gasteiger partial charge in [0.15, 0.2) is 6.61 Å². The van der Waals surface area contributed by atoms with E-state index < -0.39 is 0 Å². The Morgan fingerprint density at radius 1 is 1.48 bits per heavy atom. The van der Waals surface area contributed by atoms with Crippen LogP contribution in [0.3, 0.4) is 0 Å². The topological polar surface area (TPSA) is 74.2 Å². The lowest BCUT2D eigenvalue weighted by molar-refractivity contribution is 0.282. The van der Waals surface area contributed by atoms with E-state index in [1.807, 2.05) is 19.1 Å². The zero-order valence-corrected chi connectivity index (χ0v) is 12.6. The van der Waals surface area contributed by atoms with E-state index >= 15 is 0 Å². The second-order valence-electron chi connectivity index (χ2n) is 5.55. The summed E-state index contributed by atoms with van der Waals surface area (Å²) < 4.78 is 11.0. The monoisotopic (exact) mass is 307 g/mol. The van der Waals surface area contributed by atoms with Crippen LogP contribution >= 0.6 is 11.6 Å². The van der Waals surface area contributed by atoms with Crippen LogP contribution in [0, 0.1) is 0 Å². The Bertz CT molecular complexity index is 623. The van der Waals surface area contributed by atoms with E-state index in [-0.39, 0.29) is 12.6 Å². The molecule has 0 spiro atoms. The fourth-order valence-electron chi connectivity index (χ4n) is 2.16. The van der Waals surface area contributed by atoms with Crippen molar-refractivity contribution < 1.29 is 9.26 Å². The van der Waals surface area contributed by atoms with Gasteiger partial charge in [0.2, 0.25) is 11.7 Å². The lowest BCUT2D eigenvalue weighted by Gasteiger charge is -2.12. The van der Waals surface area contributed by atoms with E-state index in [0.717, 1.165) is 30.0 Å². The van der Waals surface area contributed by atoms with Crippen molar-refractivity contribution in [3.63, 3.8) is 0 Å². The number of benzene rings is 1. The third kappa shape index (κ3) is 3.74. The number of rotatable bonds is 6. The highest BCUT2D eigenvalue weighted by Crippen LogP contribution is 2.38. The Labute approximate surface area is 128 Å². The summed E-state index contributed by atoms with van der Waals surface area (Å²) in [6, 6.07) is 5.57. The number of hydrogen-bond acceptors (Lipinski definition) is 5. The van der Waals surface area contributed by atoms with E-state index in [1.165, 1.54) is 0 Å². The molecule has 21 heavy (non-hydrogen) atoms. The fourth-order valence-corrected chi connectivity index (χ4v) is 2.35. The van der Waals surface area contributed by atoms with Crippen molar-refractivity contribution in [2.75, 3.05) is 0 Å². The minimum Gasteiger partial charge on any atom is -0.485 e. The zero-order chi connectivity index (χ0) is 14.8. The first-order chi connectivity index (χ1) is 10.1. The number of nitrogens with two attached hydrogens (primary N) is 1. The van der Waals surface area contributed by atoms with Gasteiger partial charge < -0.3 is 15.0 Å². The maximum atomic E-state index is 6.03. The molecule has 0 saturated heterocycles. The molecule has 1 fully saturated rings. The Hall–Kier alpha value is -1.59. The molecule has 2 N–H and O–H groups in total. The van der Waals surface area contributed by atoms with Gasteiger partial charge >= 0.3 is 0 Å². The molecule has 0 amide bonds. The smallest absolute Gasteiger partial charge is 0.229 e. The van der Waals surface area contributed by atoms with E-state index in [0.29, 0.717) is 23.2 Å². The van der Waals surface area contributed by atoms with Crippen LogP contribution in [0.25, 0.3) is 0 Å². The highest BCUT2D eigenvalue weighted by Gasteiger charge is 2.29. The summed E-state index contributed by atoms with van der Waals surface area (Å²) in [5.74, 6) is 2.50. The summed E-state index contributed by atoms with van der Waals surface area (Å²) in [5.41, 5.74) is 6.85. The maximum Gasteiger partial charge on any atom is 0.229 e. The lowest BCUT2D eigenvalue weighted by atomic mass is 10.1. The first kappa shape index (κ1) is 14.4. The Kier molecular flexibility index (Phi) is 4.12. The number of aromatic nitrogens is 2. The second kappa shape index (κ2) is 6.03. The molecule has 112 valence electrons. The molecule has 0 radical (unpaired) electrons. The van der Waals surface area contributed by atoms with E-state index in [4.69, 9.17) is 26.6 Å². The Morgan fingerprint density at radius 2 is 2.29 bits per heavy atom. The highest BCUT2D eigenvalue weighted by molar-refractivity contribution is 6.30. The molecule has 2 aromatic rings. The summed E-state index contributed by atoms with van der Waals surface area (Å²) in [6.07, 6.45) is 2.98. The molecule has 0 bridgehead atoms. The van der Waals surface area contributed by atoms with Crippen LogP contribution in [0.4, 0.5) is 0 Å². The maximum absolute atomic E-state index is 6.03. The standard InChI is InChI=1S/C15H18ClN3O2/c1-9(17)6-11-7-12(16)4-5-13(11)20-8-14-18-15(21-19-14)10-2-3-10/h4-5,7,9-10H,2-3,6,8,17H2,1H3. The second-order valence-corrected chi connectivity index (χ2v) is 5.98. The summed E-state index contributed by atoms with van der Waals surface area (Å²) in [7, 11) is 0. The molecular weight excluding hydrogens is 290 g/mol. The van der Waals surface area contributed by atoms with Crippen molar-refractivity contribution in [3.8, 4) is 5.75 Å². The SMILES string of the molecule is CC(N)Cc1cc(Cl)ccc1OCc1noc(C2CC2)n1. The molecule has 6 heteroatoms. The molecule has 1 heterocycles. The van der Waals surface area contributed by atoms with Crippen molar-refractivity contribution in [1.82, 2.24) is 10.1 Å². The van der Waals surface area contributed by atoms with Crippen molar-refractivity contribution in [2.24, 2.45) is 5.73 Å². The van der Waals surface area contributed by atoms with Gasteiger partial charge in [0, 0.05) is 17.0 Å². The van der Waals surface area contributed by atoms with Gasteiger partial charge in [-0.05, 0) is 49.9 Å². The molecule has 1 aromatic heterocycles. The van der Waals surface area contributed by atoms with Gasteiger partial charge in [0.25, 0.3) is 0 Å². The van der Waals surface area contributed by atoms with Crippen molar-refractivity contribution in [3.05, 3.63) is 40.5 Å². The van der Waals surface area contributed by atoms with Gasteiger partial charge in [0.05, 0.1) is 0 Å². The molecule has 5 nitrogen and oxygen atoms in total. The number of halogens is 1. The van der Waals surface area contributed by atoms with Gasteiger partial charge in [-0.3, -0.25) is 0 Å². The molecule has 1 atom stereocenters. The average molecular weight is 308 g/mol. The number of ether oxygens (including phenoxy) is 1. The van der Waals surface area contributed by atoms with Crippen LogP contribution in [-0.2, 0) is 13.0 Å². The van der Waals surface area contributed by atoms with Gasteiger partial charge in [-0.1, -0.05) is 16.8 Å². The number of hydrogen-bond donors (Lipinski definition) is 1. The third-order valence-electron chi connectivity index (χ3n) is 3.33. The molecule has 1 unspecified atom stereocenters. The van der Waals surface area contributed by atoms with E-state index in [1.54, 1.807) is 6.07 Å². The summed E-state index contributed by atoms with van der Waals surface area (Å²) in [6.45, 7) is 2.23. The summed E-state index contributed by atoms with van der Waals surface area (Å²) in [5, 5.41) is 4.61.